The Morgan fingerprint density at radius 3 is 0.692 bits per heavy atom. The summed E-state index contributed by atoms with van der Waals surface area (Å²) in [5.41, 5.74) is 2.10. The minimum Gasteiger partial charge on any atom is -0.0776 e. The van der Waals surface area contributed by atoms with Crippen molar-refractivity contribution in [1.29, 1.82) is 0 Å². The third-order valence-corrected chi connectivity index (χ3v) is 4.21. The zero-order chi connectivity index (χ0) is 19.7. The second-order valence-corrected chi connectivity index (χ2v) is 12.7. The van der Waals surface area contributed by atoms with E-state index >= 15 is 0 Å². The summed E-state index contributed by atoms with van der Waals surface area (Å²) in [5, 5.41) is 0. The average molecular weight is 373 g/mol. The maximum absolute atomic E-state index is 2.33. The normalized spacial score (nSPS) is 12.5. The van der Waals surface area contributed by atoms with Gasteiger partial charge in [-0.3, -0.25) is 0 Å². The first-order valence-corrected chi connectivity index (χ1v) is 10.4. The van der Waals surface area contributed by atoms with Crippen LogP contribution in [0.3, 0.4) is 0 Å². The fourth-order valence-electron chi connectivity index (χ4n) is 2.64. The van der Waals surface area contributed by atoms with E-state index in [4.69, 9.17) is 0 Å². The van der Waals surface area contributed by atoms with Gasteiger partial charge in [-0.15, -0.1) is 0 Å². The van der Waals surface area contributed by atoms with Gasteiger partial charge in [-0.1, -0.05) is 124 Å². The Labute approximate surface area is 171 Å². The molecule has 0 aliphatic heterocycles. The predicted octanol–water partition coefficient (Wildman–Crippen LogP) is 10.6. The van der Waals surface area contributed by atoms with Crippen LogP contribution in [0.1, 0.15) is 149 Å². The Hall–Kier alpha value is 0. The van der Waals surface area contributed by atoms with Gasteiger partial charge in [-0.2, -0.15) is 0 Å². The van der Waals surface area contributed by atoms with Crippen LogP contribution in [0.4, 0.5) is 0 Å². The van der Waals surface area contributed by atoms with Crippen LogP contribution in [0, 0.1) is 21.7 Å². The smallest absolute Gasteiger partial charge is 0.0383 e. The van der Waals surface area contributed by atoms with Gasteiger partial charge >= 0.3 is 0 Å². The number of hydrogen-bond acceptors (Lipinski definition) is 0. The summed E-state index contributed by atoms with van der Waals surface area (Å²) in [6, 6.07) is 0. The quantitative estimate of drug-likeness (QED) is 0.406. The molecule has 0 amide bonds. The van der Waals surface area contributed by atoms with E-state index in [0.29, 0.717) is 21.7 Å². The lowest BCUT2D eigenvalue weighted by Gasteiger charge is -2.22. The van der Waals surface area contributed by atoms with Crippen molar-refractivity contribution >= 4 is 0 Å². The molecule has 0 spiro atoms. The van der Waals surface area contributed by atoms with Crippen LogP contribution in [0.2, 0.25) is 0 Å². The average Bonchev–Trinajstić information content (AvgIpc) is 2.22. The minimum absolute atomic E-state index is 0. The molecule has 164 valence electrons. The number of rotatable bonds is 6. The van der Waals surface area contributed by atoms with Crippen molar-refractivity contribution in [3.8, 4) is 0 Å². The Morgan fingerprint density at radius 2 is 0.500 bits per heavy atom. The van der Waals surface area contributed by atoms with E-state index in [9.17, 15) is 0 Å². The first-order valence-electron chi connectivity index (χ1n) is 10.4. The van der Waals surface area contributed by atoms with Crippen LogP contribution in [0.5, 0.6) is 0 Å². The Kier molecular flexibility index (Phi) is 18.2. The van der Waals surface area contributed by atoms with E-state index in [-0.39, 0.29) is 14.9 Å². The van der Waals surface area contributed by atoms with Gasteiger partial charge < -0.3 is 0 Å². The Balaban J connectivity index is -0.000000175. The lowest BCUT2D eigenvalue weighted by atomic mass is 9.84. The summed E-state index contributed by atoms with van der Waals surface area (Å²) in [5.74, 6) is 0. The molecule has 0 aromatic heterocycles. The monoisotopic (exact) mass is 372 g/mol. The van der Waals surface area contributed by atoms with Gasteiger partial charge in [-0.25, -0.2) is 0 Å². The molecule has 0 atom stereocenters. The highest BCUT2D eigenvalue weighted by molar-refractivity contribution is 4.66. The van der Waals surface area contributed by atoms with Crippen molar-refractivity contribution in [2.24, 2.45) is 21.7 Å². The van der Waals surface area contributed by atoms with E-state index in [0.717, 1.165) is 0 Å². The topological polar surface area (TPSA) is 0 Å². The molecule has 0 radical (unpaired) electrons. The second-order valence-electron chi connectivity index (χ2n) is 12.7. The van der Waals surface area contributed by atoms with E-state index in [1.165, 1.54) is 51.4 Å². The highest BCUT2D eigenvalue weighted by Gasteiger charge is 2.14. The van der Waals surface area contributed by atoms with Gasteiger partial charge in [-0.05, 0) is 47.3 Å². The van der Waals surface area contributed by atoms with E-state index < -0.39 is 0 Å². The van der Waals surface area contributed by atoms with Gasteiger partial charge in [0.15, 0.2) is 0 Å². The van der Waals surface area contributed by atoms with Crippen LogP contribution in [-0.4, -0.2) is 0 Å². The highest BCUT2D eigenvalue weighted by Crippen LogP contribution is 2.28. The second kappa shape index (κ2) is 14.1. The molecule has 26 heavy (non-hydrogen) atoms. The molecule has 0 N–H and O–H groups in total. The third-order valence-electron chi connectivity index (χ3n) is 4.21. The van der Waals surface area contributed by atoms with Gasteiger partial charge in [0.1, 0.15) is 0 Å². The van der Waals surface area contributed by atoms with E-state index in [1.54, 1.807) is 0 Å². The summed E-state index contributed by atoms with van der Waals surface area (Å²) in [6.45, 7) is 27.9. The molecule has 0 aliphatic carbocycles. The molecule has 0 saturated heterocycles. The van der Waals surface area contributed by atoms with Gasteiger partial charge in [0.05, 0.1) is 0 Å². The van der Waals surface area contributed by atoms with Crippen molar-refractivity contribution in [1.82, 2.24) is 0 Å². The molecule has 0 bridgehead atoms. The maximum Gasteiger partial charge on any atom is -0.0383 e. The first kappa shape index (κ1) is 33.6. The molecule has 0 rings (SSSR count). The van der Waals surface area contributed by atoms with Crippen molar-refractivity contribution in [3.63, 3.8) is 0 Å². The van der Waals surface area contributed by atoms with Crippen molar-refractivity contribution in [2.45, 2.75) is 149 Å². The van der Waals surface area contributed by atoms with Crippen LogP contribution in [0.15, 0.2) is 0 Å². The van der Waals surface area contributed by atoms with Crippen LogP contribution >= 0.6 is 0 Å². The molecule has 0 saturated carbocycles. The number of unbranched alkanes of at least 4 members (excludes halogenated alkanes) is 2. The fourth-order valence-corrected chi connectivity index (χ4v) is 2.64. The summed E-state index contributed by atoms with van der Waals surface area (Å²) >= 11 is 0. The highest BCUT2D eigenvalue weighted by atomic mass is 14.2. The summed E-state index contributed by atoms with van der Waals surface area (Å²) in [4.78, 5) is 0. The summed E-state index contributed by atoms with van der Waals surface area (Å²) in [6.07, 6.45) is 11.0. The van der Waals surface area contributed by atoms with Crippen molar-refractivity contribution < 1.29 is 0 Å². The molecular weight excluding hydrogens is 312 g/mol. The van der Waals surface area contributed by atoms with Crippen molar-refractivity contribution in [3.05, 3.63) is 0 Å². The van der Waals surface area contributed by atoms with Gasteiger partial charge in [0.2, 0.25) is 0 Å². The predicted molar refractivity (Wildman–Crippen MR) is 128 cm³/mol. The van der Waals surface area contributed by atoms with Crippen LogP contribution in [0.25, 0.3) is 0 Å². The SMILES string of the molecule is C.C.CC(C)(C)CCCC(C)(C)C.CC(C)(C)CCCCCC(C)(C)C. The molecular formula is C26H60. The molecule has 0 heterocycles. The molecule has 0 heteroatoms. The molecule has 0 fully saturated rings. The van der Waals surface area contributed by atoms with E-state index in [1.807, 2.05) is 0 Å². The standard InChI is InChI=1S/C13H28.C11H24.2CH4/c1-12(2,3)10-8-7-9-11-13(4,5)6;1-10(2,3)8-7-9-11(4,5)6;;/h7-11H2,1-6H3;7-9H2,1-6H3;2*1H4. The molecule has 0 aromatic carbocycles. The van der Waals surface area contributed by atoms with Crippen LogP contribution < -0.4 is 0 Å². The molecule has 0 unspecified atom stereocenters. The minimum atomic E-state index is 0. The zero-order valence-corrected chi connectivity index (χ0v) is 19.7. The first-order chi connectivity index (χ1) is 10.4. The summed E-state index contributed by atoms with van der Waals surface area (Å²) < 4.78 is 0. The van der Waals surface area contributed by atoms with Crippen molar-refractivity contribution in [2.75, 3.05) is 0 Å². The zero-order valence-electron chi connectivity index (χ0n) is 19.7. The Morgan fingerprint density at radius 1 is 0.308 bits per heavy atom. The molecule has 0 nitrogen and oxygen atoms in total. The van der Waals surface area contributed by atoms with Gasteiger partial charge in [0, 0.05) is 0 Å². The largest absolute Gasteiger partial charge is 0.0776 e. The lowest BCUT2D eigenvalue weighted by Crippen LogP contribution is -2.09. The molecule has 0 aromatic rings. The van der Waals surface area contributed by atoms with E-state index in [2.05, 4.69) is 83.1 Å². The summed E-state index contributed by atoms with van der Waals surface area (Å²) in [7, 11) is 0. The van der Waals surface area contributed by atoms with Gasteiger partial charge in [0.25, 0.3) is 0 Å². The lowest BCUT2D eigenvalue weighted by molar-refractivity contribution is 0.301. The molecule has 0 aliphatic rings. The fraction of sp³-hybridized carbons (Fsp3) is 1.00. The number of hydrogen-bond donors (Lipinski definition) is 0. The van der Waals surface area contributed by atoms with Crippen LogP contribution in [-0.2, 0) is 0 Å². The Bertz CT molecular complexity index is 252. The third kappa shape index (κ3) is 39.2. The maximum atomic E-state index is 2.33.